The van der Waals surface area contributed by atoms with Gasteiger partial charge in [0.1, 0.15) is 0 Å². The number of hydrogen-bond acceptors (Lipinski definition) is 4. The highest BCUT2D eigenvalue weighted by Gasteiger charge is 2.09. The Morgan fingerprint density at radius 1 is 1.12 bits per heavy atom. The summed E-state index contributed by atoms with van der Waals surface area (Å²) in [7, 11) is 1.46. The molecular formula is C19H17NO5. The van der Waals surface area contributed by atoms with Gasteiger partial charge in [-0.1, -0.05) is 36.4 Å². The Morgan fingerprint density at radius 2 is 1.88 bits per heavy atom. The summed E-state index contributed by atoms with van der Waals surface area (Å²) in [6, 6.07) is 11.0. The SMILES string of the molecule is COc1cc(/C=C/C=C/C(=O)Nc2ccccc2C(=O)O)ccc1O. The molecule has 6 nitrogen and oxygen atoms in total. The van der Waals surface area contributed by atoms with Gasteiger partial charge in [-0.05, 0) is 29.8 Å². The lowest BCUT2D eigenvalue weighted by molar-refractivity contribution is -0.111. The molecule has 0 bridgehead atoms. The van der Waals surface area contributed by atoms with Crippen LogP contribution in [0.5, 0.6) is 11.5 Å². The second-order valence-electron chi connectivity index (χ2n) is 4.99. The first-order valence-corrected chi connectivity index (χ1v) is 7.36. The van der Waals surface area contributed by atoms with Gasteiger partial charge in [0.2, 0.25) is 5.91 Å². The van der Waals surface area contributed by atoms with E-state index in [1.807, 2.05) is 0 Å². The Labute approximate surface area is 144 Å². The van der Waals surface area contributed by atoms with Crippen LogP contribution >= 0.6 is 0 Å². The molecule has 128 valence electrons. The molecule has 0 aromatic heterocycles. The summed E-state index contributed by atoms with van der Waals surface area (Å²) in [6.07, 6.45) is 6.19. The molecule has 0 heterocycles. The van der Waals surface area contributed by atoms with Crippen molar-refractivity contribution in [3.63, 3.8) is 0 Å². The van der Waals surface area contributed by atoms with Gasteiger partial charge in [-0.15, -0.1) is 0 Å². The first-order valence-electron chi connectivity index (χ1n) is 7.36. The van der Waals surface area contributed by atoms with Gasteiger partial charge < -0.3 is 20.3 Å². The van der Waals surface area contributed by atoms with Crippen LogP contribution in [0, 0.1) is 0 Å². The zero-order chi connectivity index (χ0) is 18.2. The topological polar surface area (TPSA) is 95.9 Å². The van der Waals surface area contributed by atoms with Gasteiger partial charge in [0.15, 0.2) is 11.5 Å². The number of para-hydroxylation sites is 1. The number of carboxylic acid groups (broad SMARTS) is 1. The number of aromatic carboxylic acids is 1. The summed E-state index contributed by atoms with van der Waals surface area (Å²) < 4.78 is 5.01. The Balaban J connectivity index is 2.00. The van der Waals surface area contributed by atoms with Crippen LogP contribution in [0.2, 0.25) is 0 Å². The molecule has 0 saturated carbocycles. The van der Waals surface area contributed by atoms with Crippen LogP contribution in [0.25, 0.3) is 6.08 Å². The molecular weight excluding hydrogens is 322 g/mol. The zero-order valence-electron chi connectivity index (χ0n) is 13.5. The van der Waals surface area contributed by atoms with Crippen LogP contribution in [-0.4, -0.2) is 29.2 Å². The molecule has 3 N–H and O–H groups in total. The summed E-state index contributed by atoms with van der Waals surface area (Å²) in [5.74, 6) is -1.15. The fraction of sp³-hybridized carbons (Fsp3) is 0.0526. The Morgan fingerprint density at radius 3 is 2.60 bits per heavy atom. The highest BCUT2D eigenvalue weighted by molar-refractivity contribution is 6.04. The third kappa shape index (κ3) is 4.97. The maximum Gasteiger partial charge on any atom is 0.337 e. The molecule has 25 heavy (non-hydrogen) atoms. The Bertz CT molecular complexity index is 839. The number of phenols is 1. The molecule has 0 aliphatic carbocycles. The van der Waals surface area contributed by atoms with Crippen LogP contribution in [0.4, 0.5) is 5.69 Å². The number of ether oxygens (including phenoxy) is 1. The molecule has 2 aromatic carbocycles. The fourth-order valence-corrected chi connectivity index (χ4v) is 2.06. The Kier molecular flexibility index (Phi) is 5.95. The predicted octanol–water partition coefficient (Wildman–Crippen LogP) is 3.31. The van der Waals surface area contributed by atoms with Crippen LogP contribution in [0.1, 0.15) is 15.9 Å². The van der Waals surface area contributed by atoms with Gasteiger partial charge in [-0.25, -0.2) is 4.79 Å². The van der Waals surface area contributed by atoms with Gasteiger partial charge in [-0.2, -0.15) is 0 Å². The molecule has 0 atom stereocenters. The van der Waals surface area contributed by atoms with E-state index < -0.39 is 11.9 Å². The first kappa shape index (κ1) is 17.8. The normalized spacial score (nSPS) is 10.9. The fourth-order valence-electron chi connectivity index (χ4n) is 2.06. The maximum atomic E-state index is 11.9. The van der Waals surface area contributed by atoms with Gasteiger partial charge >= 0.3 is 5.97 Å². The number of anilines is 1. The van der Waals surface area contributed by atoms with Crippen molar-refractivity contribution in [2.45, 2.75) is 0 Å². The quantitative estimate of drug-likeness (QED) is 0.554. The number of rotatable bonds is 6. The summed E-state index contributed by atoms with van der Waals surface area (Å²) in [5.41, 5.74) is 1.05. The molecule has 0 spiro atoms. The number of carboxylic acids is 1. The number of amides is 1. The maximum absolute atomic E-state index is 11.9. The van der Waals surface area contributed by atoms with Gasteiger partial charge in [0.05, 0.1) is 18.4 Å². The number of carbonyl (C=O) groups excluding carboxylic acids is 1. The van der Waals surface area contributed by atoms with Gasteiger partial charge in [0.25, 0.3) is 0 Å². The molecule has 0 saturated heterocycles. The minimum absolute atomic E-state index is 0.0241. The van der Waals surface area contributed by atoms with E-state index >= 15 is 0 Å². The highest BCUT2D eigenvalue weighted by atomic mass is 16.5. The lowest BCUT2D eigenvalue weighted by Crippen LogP contribution is -2.11. The largest absolute Gasteiger partial charge is 0.504 e. The molecule has 2 rings (SSSR count). The van der Waals surface area contributed by atoms with Crippen LogP contribution in [0.15, 0.2) is 60.7 Å². The highest BCUT2D eigenvalue weighted by Crippen LogP contribution is 2.26. The first-order chi connectivity index (χ1) is 12.0. The lowest BCUT2D eigenvalue weighted by atomic mass is 10.1. The van der Waals surface area contributed by atoms with E-state index in [2.05, 4.69) is 5.32 Å². The summed E-state index contributed by atoms with van der Waals surface area (Å²) in [4.78, 5) is 23.0. The van der Waals surface area contributed by atoms with Crippen molar-refractivity contribution < 1.29 is 24.5 Å². The number of allylic oxidation sites excluding steroid dienone is 2. The molecule has 0 aliphatic heterocycles. The molecule has 6 heteroatoms. The molecule has 0 fully saturated rings. The number of phenolic OH excluding ortho intramolecular Hbond substituents is 1. The Hall–Kier alpha value is -3.54. The van der Waals surface area contributed by atoms with Crippen LogP contribution < -0.4 is 10.1 Å². The van der Waals surface area contributed by atoms with E-state index in [9.17, 15) is 14.7 Å². The summed E-state index contributed by atoms with van der Waals surface area (Å²) in [6.45, 7) is 0. The average Bonchev–Trinajstić information content (AvgIpc) is 2.60. The van der Waals surface area contributed by atoms with E-state index in [1.54, 1.807) is 36.4 Å². The van der Waals surface area contributed by atoms with E-state index in [-0.39, 0.29) is 17.0 Å². The van der Waals surface area contributed by atoms with Crippen molar-refractivity contribution in [3.8, 4) is 11.5 Å². The average molecular weight is 339 g/mol. The van der Waals surface area contributed by atoms with Crippen molar-refractivity contribution in [2.24, 2.45) is 0 Å². The van der Waals surface area contributed by atoms with E-state index in [0.29, 0.717) is 5.75 Å². The second kappa shape index (κ2) is 8.35. The van der Waals surface area contributed by atoms with Crippen molar-refractivity contribution in [2.75, 3.05) is 12.4 Å². The van der Waals surface area contributed by atoms with Crippen molar-refractivity contribution >= 4 is 23.6 Å². The molecule has 0 unspecified atom stereocenters. The van der Waals surface area contributed by atoms with Crippen molar-refractivity contribution in [1.82, 2.24) is 0 Å². The zero-order valence-corrected chi connectivity index (χ0v) is 13.5. The minimum atomic E-state index is -1.11. The van der Waals surface area contributed by atoms with E-state index in [1.165, 1.54) is 37.5 Å². The predicted molar refractivity (Wildman–Crippen MR) is 94.9 cm³/mol. The number of nitrogens with one attached hydrogen (secondary N) is 1. The molecule has 0 radical (unpaired) electrons. The number of aromatic hydroxyl groups is 1. The summed E-state index contributed by atoms with van der Waals surface area (Å²) >= 11 is 0. The van der Waals surface area contributed by atoms with Crippen LogP contribution in [-0.2, 0) is 4.79 Å². The van der Waals surface area contributed by atoms with E-state index in [0.717, 1.165) is 5.56 Å². The van der Waals surface area contributed by atoms with Crippen molar-refractivity contribution in [3.05, 3.63) is 71.8 Å². The minimum Gasteiger partial charge on any atom is -0.504 e. The third-order valence-electron chi connectivity index (χ3n) is 3.27. The summed E-state index contributed by atoms with van der Waals surface area (Å²) in [5, 5.41) is 21.1. The molecule has 2 aromatic rings. The number of methoxy groups -OCH3 is 1. The van der Waals surface area contributed by atoms with Gasteiger partial charge in [-0.3, -0.25) is 4.79 Å². The van der Waals surface area contributed by atoms with Gasteiger partial charge in [0, 0.05) is 6.08 Å². The molecule has 0 aliphatic rings. The number of hydrogen-bond donors (Lipinski definition) is 3. The standard InChI is InChI=1S/C19H17NO5/c1-25-17-12-13(10-11-16(17)21)6-2-5-9-18(22)20-15-8-4-3-7-14(15)19(23)24/h2-12,21H,1H3,(H,20,22)(H,23,24)/b6-2+,9-5+. The third-order valence-corrected chi connectivity index (χ3v) is 3.27. The number of carbonyl (C=O) groups is 2. The monoisotopic (exact) mass is 339 g/mol. The number of benzene rings is 2. The van der Waals surface area contributed by atoms with Crippen LogP contribution in [0.3, 0.4) is 0 Å². The van der Waals surface area contributed by atoms with Crippen molar-refractivity contribution in [1.29, 1.82) is 0 Å². The molecule has 1 amide bonds. The smallest absolute Gasteiger partial charge is 0.337 e. The lowest BCUT2D eigenvalue weighted by Gasteiger charge is -2.05. The van der Waals surface area contributed by atoms with E-state index in [4.69, 9.17) is 9.84 Å². The second-order valence-corrected chi connectivity index (χ2v) is 4.99.